The molecule has 1 aromatic carbocycles. The van der Waals surface area contributed by atoms with Crippen LogP contribution < -0.4 is 14.8 Å². The van der Waals surface area contributed by atoms with Crippen molar-refractivity contribution in [3.8, 4) is 6.07 Å². The van der Waals surface area contributed by atoms with E-state index in [-0.39, 0.29) is 5.56 Å². The normalized spacial score (nSPS) is 12.7. The summed E-state index contributed by atoms with van der Waals surface area (Å²) in [4.78, 5) is 11.9. The van der Waals surface area contributed by atoms with E-state index in [4.69, 9.17) is 5.26 Å². The highest BCUT2D eigenvalue weighted by Crippen LogP contribution is 2.03. The molecule has 0 radical (unpaired) electrons. The molecule has 0 saturated heterocycles. The summed E-state index contributed by atoms with van der Waals surface area (Å²) in [7, 11) is 1.68. The lowest BCUT2D eigenvalue weighted by atomic mass is 10.1. The molecule has 0 saturated carbocycles. The number of hydrogen-bond acceptors (Lipinski definition) is 3. The first-order valence-corrected chi connectivity index (χ1v) is 6.27. The molecule has 0 aliphatic rings. The molecule has 0 spiro atoms. The highest BCUT2D eigenvalue weighted by Gasteiger charge is 1.99. The fraction of sp³-hybridized carbons (Fsp3) is 0.143. The van der Waals surface area contributed by atoms with E-state index in [1.807, 2.05) is 43.3 Å². The number of hydrogen-bond donors (Lipinski definition) is 0. The molecule has 0 aliphatic carbocycles. The van der Waals surface area contributed by atoms with Gasteiger partial charge in [0.1, 0.15) is 4.66 Å². The van der Waals surface area contributed by atoms with Crippen molar-refractivity contribution in [3.63, 3.8) is 0 Å². The smallest absolute Gasteiger partial charge is 0.268 e. The Bertz CT molecular complexity index is 773. The highest BCUT2D eigenvalue weighted by atomic mass is 32.1. The first kappa shape index (κ1) is 12.3. The quantitative estimate of drug-likeness (QED) is 0.760. The summed E-state index contributed by atoms with van der Waals surface area (Å²) < 4.78 is 2.80. The summed E-state index contributed by atoms with van der Waals surface area (Å²) in [6, 6.07) is 9.91. The van der Waals surface area contributed by atoms with Crippen LogP contribution in [0.4, 0.5) is 0 Å². The predicted molar refractivity (Wildman–Crippen MR) is 73.6 cm³/mol. The van der Waals surface area contributed by atoms with Crippen LogP contribution in [0.15, 0.2) is 29.1 Å². The average Bonchev–Trinajstić information content (AvgIpc) is 2.61. The third-order valence-corrected chi connectivity index (χ3v) is 3.74. The Morgan fingerprint density at radius 2 is 2.00 bits per heavy atom. The zero-order valence-electron chi connectivity index (χ0n) is 10.2. The van der Waals surface area contributed by atoms with Gasteiger partial charge in [0.15, 0.2) is 0 Å². The van der Waals surface area contributed by atoms with Crippen molar-refractivity contribution in [2.24, 2.45) is 7.05 Å². The highest BCUT2D eigenvalue weighted by molar-refractivity contribution is 7.07. The Balaban J connectivity index is 2.63. The van der Waals surface area contributed by atoms with Crippen molar-refractivity contribution in [2.45, 2.75) is 6.92 Å². The lowest BCUT2D eigenvalue weighted by Crippen LogP contribution is -2.28. The van der Waals surface area contributed by atoms with Gasteiger partial charge < -0.3 is 4.57 Å². The second kappa shape index (κ2) is 5.03. The van der Waals surface area contributed by atoms with Crippen molar-refractivity contribution in [1.29, 1.82) is 5.26 Å². The Labute approximate surface area is 109 Å². The molecule has 0 aliphatic heterocycles. The number of nitrogens with zero attached hydrogens (tertiary/aromatic N) is 2. The van der Waals surface area contributed by atoms with Crippen LogP contribution in [-0.2, 0) is 7.05 Å². The van der Waals surface area contributed by atoms with E-state index >= 15 is 0 Å². The molecule has 1 heterocycles. The van der Waals surface area contributed by atoms with E-state index in [1.165, 1.54) is 27.5 Å². The number of aryl methyl sites for hydroxylation is 1. The van der Waals surface area contributed by atoms with Gasteiger partial charge in [-0.25, -0.2) is 0 Å². The maximum Gasteiger partial charge on any atom is 0.268 e. The molecule has 2 rings (SSSR count). The molecular formula is C14H12N2OS. The summed E-state index contributed by atoms with van der Waals surface area (Å²) in [5.74, 6) is 0. The van der Waals surface area contributed by atoms with Gasteiger partial charge in [0.2, 0.25) is 0 Å². The van der Waals surface area contributed by atoms with E-state index in [0.29, 0.717) is 9.20 Å². The van der Waals surface area contributed by atoms with Gasteiger partial charge in [-0.2, -0.15) is 5.26 Å². The number of benzene rings is 1. The lowest BCUT2D eigenvalue weighted by Gasteiger charge is -1.92. The number of nitriles is 1. The third-order valence-electron chi connectivity index (χ3n) is 2.62. The zero-order valence-corrected chi connectivity index (χ0v) is 11.0. The summed E-state index contributed by atoms with van der Waals surface area (Å²) in [6.07, 6.45) is 3.24. The molecule has 90 valence electrons. The minimum atomic E-state index is -0.0675. The van der Waals surface area contributed by atoms with Crippen LogP contribution in [0, 0.1) is 18.3 Å². The monoisotopic (exact) mass is 256 g/mol. The zero-order chi connectivity index (χ0) is 13.1. The first-order chi connectivity index (χ1) is 8.61. The van der Waals surface area contributed by atoms with Gasteiger partial charge in [-0.3, -0.25) is 4.79 Å². The molecule has 0 atom stereocenters. The number of rotatable bonds is 1. The second-order valence-corrected chi connectivity index (χ2v) is 5.06. The number of thiazole rings is 1. The average molecular weight is 256 g/mol. The third kappa shape index (κ3) is 2.41. The van der Waals surface area contributed by atoms with Crippen LogP contribution in [0.5, 0.6) is 0 Å². The predicted octanol–water partition coefficient (Wildman–Crippen LogP) is 0.888. The van der Waals surface area contributed by atoms with Crippen LogP contribution in [0.2, 0.25) is 0 Å². The molecule has 0 bridgehead atoms. The molecule has 3 nitrogen and oxygen atoms in total. The summed E-state index contributed by atoms with van der Waals surface area (Å²) in [5, 5.41) is 8.64. The molecule has 2 aromatic rings. The molecule has 0 amide bonds. The minimum absolute atomic E-state index is 0.0675. The molecule has 0 N–H and O–H groups in total. The molecule has 0 fully saturated rings. The topological polar surface area (TPSA) is 45.8 Å². The van der Waals surface area contributed by atoms with E-state index in [9.17, 15) is 4.79 Å². The maximum absolute atomic E-state index is 11.9. The van der Waals surface area contributed by atoms with E-state index < -0.39 is 0 Å². The molecule has 4 heteroatoms. The van der Waals surface area contributed by atoms with Crippen LogP contribution in [0.25, 0.3) is 12.2 Å². The van der Waals surface area contributed by atoms with Gasteiger partial charge in [-0.05, 0) is 18.6 Å². The van der Waals surface area contributed by atoms with Crippen LogP contribution >= 0.6 is 11.3 Å². The van der Waals surface area contributed by atoms with Crippen LogP contribution in [0.1, 0.15) is 11.1 Å². The number of aromatic nitrogens is 1. The molecule has 0 unspecified atom stereocenters. The van der Waals surface area contributed by atoms with E-state index in [1.54, 1.807) is 7.05 Å². The standard InChI is InChI=1S/C14H12N2OS/c1-10-3-5-11(6-4-10)9-12-14(17)16(2)13(18-12)7-8-15/h3-7,9H,1-2H3/b12-9-,13-7-. The van der Waals surface area contributed by atoms with Gasteiger partial charge in [0.25, 0.3) is 5.56 Å². The summed E-state index contributed by atoms with van der Waals surface area (Å²) >= 11 is 1.33. The SMILES string of the molecule is Cc1ccc(/C=c2\s/c(=C\C#N)n(C)c2=O)cc1. The largest absolute Gasteiger partial charge is 0.301 e. The van der Waals surface area contributed by atoms with Crippen LogP contribution in [0.3, 0.4) is 0 Å². The van der Waals surface area contributed by atoms with Crippen molar-refractivity contribution in [1.82, 2.24) is 4.57 Å². The Hall–Kier alpha value is -2.12. The van der Waals surface area contributed by atoms with Gasteiger partial charge in [0.05, 0.1) is 10.6 Å². The Morgan fingerprint density at radius 3 is 2.61 bits per heavy atom. The fourth-order valence-corrected chi connectivity index (χ4v) is 2.55. The van der Waals surface area contributed by atoms with Gasteiger partial charge in [-0.1, -0.05) is 29.8 Å². The first-order valence-electron chi connectivity index (χ1n) is 5.46. The second-order valence-electron chi connectivity index (χ2n) is 4.00. The Kier molecular flexibility index (Phi) is 3.45. The summed E-state index contributed by atoms with van der Waals surface area (Å²) in [6.45, 7) is 2.02. The van der Waals surface area contributed by atoms with Gasteiger partial charge in [-0.15, -0.1) is 11.3 Å². The van der Waals surface area contributed by atoms with Crippen LogP contribution in [-0.4, -0.2) is 4.57 Å². The van der Waals surface area contributed by atoms with Gasteiger partial charge >= 0.3 is 0 Å². The Morgan fingerprint density at radius 1 is 1.33 bits per heavy atom. The molecule has 18 heavy (non-hydrogen) atoms. The maximum atomic E-state index is 11.9. The lowest BCUT2D eigenvalue weighted by molar-refractivity contribution is 0.857. The van der Waals surface area contributed by atoms with E-state index in [2.05, 4.69) is 0 Å². The van der Waals surface area contributed by atoms with Crippen molar-refractivity contribution in [2.75, 3.05) is 0 Å². The summed E-state index contributed by atoms with van der Waals surface area (Å²) in [5.41, 5.74) is 2.11. The van der Waals surface area contributed by atoms with Gasteiger partial charge in [0, 0.05) is 13.1 Å². The van der Waals surface area contributed by atoms with Crippen molar-refractivity contribution >= 4 is 23.5 Å². The van der Waals surface area contributed by atoms with E-state index in [0.717, 1.165) is 5.56 Å². The molecule has 1 aromatic heterocycles. The fourth-order valence-electron chi connectivity index (χ4n) is 1.58. The van der Waals surface area contributed by atoms with Crippen molar-refractivity contribution in [3.05, 3.63) is 54.9 Å². The van der Waals surface area contributed by atoms with Crippen molar-refractivity contribution < 1.29 is 0 Å². The minimum Gasteiger partial charge on any atom is -0.301 e. The molecular weight excluding hydrogens is 244 g/mol.